The standard InChI is InChI=1S/C17H19BrN2O3/c1-4-23-15-8-6-5-7-14(15)19-16(21)12(3)20-10-13(18)9-11(2)17(20)22/h5-10,12H,4H2,1-3H3,(H,19,21). The number of hydrogen-bond acceptors (Lipinski definition) is 3. The largest absolute Gasteiger partial charge is 0.492 e. The van der Waals surface area contributed by atoms with E-state index >= 15 is 0 Å². The first-order valence-electron chi connectivity index (χ1n) is 7.35. The maximum Gasteiger partial charge on any atom is 0.254 e. The fraction of sp³-hybridized carbons (Fsp3) is 0.294. The Hall–Kier alpha value is -2.08. The first kappa shape index (κ1) is 17.3. The highest BCUT2D eigenvalue weighted by Crippen LogP contribution is 2.24. The summed E-state index contributed by atoms with van der Waals surface area (Å²) in [4.78, 5) is 24.7. The zero-order chi connectivity index (χ0) is 17.0. The van der Waals surface area contributed by atoms with E-state index in [0.717, 1.165) is 4.47 Å². The minimum Gasteiger partial charge on any atom is -0.492 e. The lowest BCUT2D eigenvalue weighted by Crippen LogP contribution is -2.32. The van der Waals surface area contributed by atoms with Crippen molar-refractivity contribution in [2.75, 3.05) is 11.9 Å². The van der Waals surface area contributed by atoms with Crippen LogP contribution in [0.3, 0.4) is 0 Å². The van der Waals surface area contributed by atoms with Crippen LogP contribution in [0, 0.1) is 6.92 Å². The first-order chi connectivity index (χ1) is 10.9. The van der Waals surface area contributed by atoms with E-state index < -0.39 is 6.04 Å². The Morgan fingerprint density at radius 1 is 1.39 bits per heavy atom. The van der Waals surface area contributed by atoms with Crippen LogP contribution < -0.4 is 15.6 Å². The Kier molecular flexibility index (Phi) is 5.60. The third kappa shape index (κ3) is 4.01. The van der Waals surface area contributed by atoms with Crippen molar-refractivity contribution in [2.45, 2.75) is 26.8 Å². The monoisotopic (exact) mass is 378 g/mol. The number of aryl methyl sites for hydroxylation is 1. The van der Waals surface area contributed by atoms with Gasteiger partial charge in [-0.2, -0.15) is 0 Å². The van der Waals surface area contributed by atoms with Crippen molar-refractivity contribution in [3.63, 3.8) is 0 Å². The number of nitrogens with zero attached hydrogens (tertiary/aromatic N) is 1. The molecule has 1 unspecified atom stereocenters. The molecule has 0 aliphatic rings. The smallest absolute Gasteiger partial charge is 0.254 e. The highest BCUT2D eigenvalue weighted by molar-refractivity contribution is 9.10. The molecule has 0 aliphatic carbocycles. The molecule has 1 amide bonds. The average molecular weight is 379 g/mol. The number of pyridine rings is 1. The van der Waals surface area contributed by atoms with Crippen LogP contribution in [-0.2, 0) is 4.79 Å². The molecule has 0 aliphatic heterocycles. The van der Waals surface area contributed by atoms with Gasteiger partial charge in [0.25, 0.3) is 5.56 Å². The van der Waals surface area contributed by atoms with Gasteiger partial charge in [-0.25, -0.2) is 0 Å². The lowest BCUT2D eigenvalue weighted by atomic mass is 10.2. The van der Waals surface area contributed by atoms with Gasteiger partial charge in [-0.05, 0) is 54.9 Å². The van der Waals surface area contributed by atoms with Crippen molar-refractivity contribution >= 4 is 27.5 Å². The molecule has 1 atom stereocenters. The van der Waals surface area contributed by atoms with Crippen LogP contribution in [0.25, 0.3) is 0 Å². The van der Waals surface area contributed by atoms with Crippen molar-refractivity contribution < 1.29 is 9.53 Å². The maximum atomic E-state index is 12.5. The Labute approximate surface area is 143 Å². The first-order valence-corrected chi connectivity index (χ1v) is 8.14. The molecule has 2 aromatic rings. The zero-order valence-corrected chi connectivity index (χ0v) is 14.9. The number of rotatable bonds is 5. The van der Waals surface area contributed by atoms with Gasteiger partial charge >= 0.3 is 0 Å². The van der Waals surface area contributed by atoms with E-state index in [0.29, 0.717) is 23.6 Å². The summed E-state index contributed by atoms with van der Waals surface area (Å²) in [6.45, 7) is 5.79. The van der Waals surface area contributed by atoms with Gasteiger partial charge in [0.1, 0.15) is 11.8 Å². The molecular weight excluding hydrogens is 360 g/mol. The number of benzene rings is 1. The van der Waals surface area contributed by atoms with E-state index in [9.17, 15) is 9.59 Å². The molecule has 5 nitrogen and oxygen atoms in total. The SMILES string of the molecule is CCOc1ccccc1NC(=O)C(C)n1cc(Br)cc(C)c1=O. The summed E-state index contributed by atoms with van der Waals surface area (Å²) in [5, 5.41) is 2.82. The Balaban J connectivity index is 2.26. The van der Waals surface area contributed by atoms with Gasteiger partial charge in [-0.15, -0.1) is 0 Å². The molecule has 0 saturated carbocycles. The van der Waals surface area contributed by atoms with Gasteiger partial charge in [0.2, 0.25) is 5.91 Å². The Bertz CT molecular complexity index is 771. The summed E-state index contributed by atoms with van der Waals surface area (Å²) in [5.74, 6) is 0.324. The zero-order valence-electron chi connectivity index (χ0n) is 13.3. The average Bonchev–Trinajstić information content (AvgIpc) is 2.52. The van der Waals surface area contributed by atoms with Crippen LogP contribution in [0.1, 0.15) is 25.5 Å². The molecule has 0 fully saturated rings. The van der Waals surface area contributed by atoms with Gasteiger partial charge in [0, 0.05) is 16.2 Å². The van der Waals surface area contributed by atoms with Crippen LogP contribution >= 0.6 is 15.9 Å². The van der Waals surface area contributed by atoms with E-state index in [1.54, 1.807) is 38.2 Å². The summed E-state index contributed by atoms with van der Waals surface area (Å²) in [6.07, 6.45) is 1.62. The number of hydrogen-bond donors (Lipinski definition) is 1. The van der Waals surface area contributed by atoms with Gasteiger partial charge in [-0.1, -0.05) is 12.1 Å². The second kappa shape index (κ2) is 7.46. The lowest BCUT2D eigenvalue weighted by Gasteiger charge is -2.17. The molecule has 1 aromatic heterocycles. The van der Waals surface area contributed by atoms with Crippen molar-refractivity contribution in [3.8, 4) is 5.75 Å². The molecule has 1 N–H and O–H groups in total. The maximum absolute atomic E-state index is 12.5. The van der Waals surface area contributed by atoms with Crippen LogP contribution in [0.2, 0.25) is 0 Å². The summed E-state index contributed by atoms with van der Waals surface area (Å²) in [6, 6.07) is 8.30. The number of ether oxygens (including phenoxy) is 1. The Morgan fingerprint density at radius 2 is 2.09 bits per heavy atom. The van der Waals surface area contributed by atoms with Crippen molar-refractivity contribution in [1.82, 2.24) is 4.57 Å². The molecule has 2 rings (SSSR count). The van der Waals surface area contributed by atoms with E-state index in [4.69, 9.17) is 4.74 Å². The minimum absolute atomic E-state index is 0.186. The van der Waals surface area contributed by atoms with Gasteiger partial charge in [0.05, 0.1) is 12.3 Å². The fourth-order valence-electron chi connectivity index (χ4n) is 2.20. The number of aromatic nitrogens is 1. The van der Waals surface area contributed by atoms with Gasteiger partial charge in [-0.3, -0.25) is 9.59 Å². The number of carbonyl (C=O) groups excluding carboxylic acids is 1. The van der Waals surface area contributed by atoms with Crippen molar-refractivity contribution in [1.29, 1.82) is 0 Å². The summed E-state index contributed by atoms with van der Waals surface area (Å²) in [5.41, 5.74) is 0.980. The number of para-hydroxylation sites is 2. The molecular formula is C17H19BrN2O3. The van der Waals surface area contributed by atoms with Crippen LogP contribution in [0.15, 0.2) is 45.8 Å². The molecule has 0 radical (unpaired) electrons. The second-order valence-electron chi connectivity index (χ2n) is 5.15. The van der Waals surface area contributed by atoms with Crippen LogP contribution in [0.4, 0.5) is 5.69 Å². The van der Waals surface area contributed by atoms with Crippen molar-refractivity contribution in [3.05, 3.63) is 56.9 Å². The molecule has 1 aromatic carbocycles. The lowest BCUT2D eigenvalue weighted by molar-refractivity contribution is -0.118. The molecule has 122 valence electrons. The minimum atomic E-state index is -0.645. The normalized spacial score (nSPS) is 11.8. The predicted octanol–water partition coefficient (Wildman–Crippen LogP) is 3.52. The molecule has 23 heavy (non-hydrogen) atoms. The third-order valence-corrected chi connectivity index (χ3v) is 3.86. The molecule has 6 heteroatoms. The van der Waals surface area contributed by atoms with E-state index in [2.05, 4.69) is 21.2 Å². The number of amides is 1. The molecule has 0 bridgehead atoms. The second-order valence-corrected chi connectivity index (χ2v) is 6.06. The number of carbonyl (C=O) groups is 1. The molecule has 1 heterocycles. The number of anilines is 1. The highest BCUT2D eigenvalue weighted by Gasteiger charge is 2.18. The number of nitrogens with one attached hydrogen (secondary N) is 1. The highest BCUT2D eigenvalue weighted by atomic mass is 79.9. The third-order valence-electron chi connectivity index (χ3n) is 3.43. The fourth-order valence-corrected chi connectivity index (χ4v) is 2.77. The van der Waals surface area contributed by atoms with Gasteiger partial charge < -0.3 is 14.6 Å². The van der Waals surface area contributed by atoms with E-state index in [1.165, 1.54) is 4.57 Å². The molecule has 0 saturated heterocycles. The summed E-state index contributed by atoms with van der Waals surface area (Å²) < 4.78 is 7.66. The van der Waals surface area contributed by atoms with Crippen LogP contribution in [-0.4, -0.2) is 17.1 Å². The number of halogens is 1. The quantitative estimate of drug-likeness (QED) is 0.865. The van der Waals surface area contributed by atoms with Gasteiger partial charge in [0.15, 0.2) is 0 Å². The van der Waals surface area contributed by atoms with E-state index in [-0.39, 0.29) is 11.5 Å². The molecule has 0 spiro atoms. The van der Waals surface area contributed by atoms with E-state index in [1.807, 2.05) is 19.1 Å². The summed E-state index contributed by atoms with van der Waals surface area (Å²) >= 11 is 3.35. The van der Waals surface area contributed by atoms with Crippen LogP contribution in [0.5, 0.6) is 5.75 Å². The predicted molar refractivity (Wildman–Crippen MR) is 94.1 cm³/mol. The Morgan fingerprint density at radius 3 is 2.78 bits per heavy atom. The van der Waals surface area contributed by atoms with Crippen molar-refractivity contribution in [2.24, 2.45) is 0 Å². The topological polar surface area (TPSA) is 60.3 Å². The summed E-state index contributed by atoms with van der Waals surface area (Å²) in [7, 11) is 0.